The minimum atomic E-state index is -5.96. The van der Waals surface area contributed by atoms with Crippen LogP contribution in [0.25, 0.3) is 0 Å². The number of amides is 2. The van der Waals surface area contributed by atoms with Crippen LogP contribution in [0.15, 0.2) is 47.4 Å². The number of carbonyl (C=O) groups is 2. The van der Waals surface area contributed by atoms with Crippen LogP contribution in [0.3, 0.4) is 0 Å². The Hall–Kier alpha value is -3.69. The molecule has 0 spiro atoms. The average Bonchev–Trinajstić information content (AvgIpc) is 2.94. The lowest BCUT2D eigenvalue weighted by Crippen LogP contribution is -2.53. The largest absolute Gasteiger partial charge is 0.484 e. The van der Waals surface area contributed by atoms with E-state index in [0.29, 0.717) is 19.3 Å². The number of hydrogen-bond acceptors (Lipinski definition) is 6. The second-order valence-corrected chi connectivity index (χ2v) is 12.2. The van der Waals surface area contributed by atoms with E-state index in [9.17, 15) is 44.3 Å². The van der Waals surface area contributed by atoms with Gasteiger partial charge in [0.2, 0.25) is 5.91 Å². The lowest BCUT2D eigenvalue weighted by molar-refractivity contribution is -0.319. The number of nitrogens with one attached hydrogen (secondary N) is 2. The lowest BCUT2D eigenvalue weighted by Gasteiger charge is -2.36. The third-order valence-corrected chi connectivity index (χ3v) is 8.96. The monoisotopic (exact) mass is 637 g/mol. The number of halogens is 6. The Balaban J connectivity index is 1.62. The Bertz CT molecular complexity index is 1430. The topological polar surface area (TPSA) is 114 Å². The van der Waals surface area contributed by atoms with E-state index in [1.165, 1.54) is 19.1 Å². The summed E-state index contributed by atoms with van der Waals surface area (Å²) in [6.07, 6.45) is -9.65. The lowest BCUT2D eigenvalue weighted by atomic mass is 9.82. The zero-order chi connectivity index (χ0) is 31.6. The van der Waals surface area contributed by atoms with Crippen molar-refractivity contribution in [3.05, 3.63) is 48.3 Å². The van der Waals surface area contributed by atoms with Crippen molar-refractivity contribution in [2.75, 3.05) is 22.7 Å². The van der Waals surface area contributed by atoms with Gasteiger partial charge in [0, 0.05) is 18.5 Å². The zero-order valence-electron chi connectivity index (χ0n) is 22.8. The summed E-state index contributed by atoms with van der Waals surface area (Å²) < 4.78 is 121. The summed E-state index contributed by atoms with van der Waals surface area (Å²) in [6, 6.07) is 7.53. The standard InChI is InChI=1S/C27H29F6N3O6S/c1-16(37)34-14-20-15-36(43(39,40)21-10-7-18(28)8-11-21)22-13-19(9-12-23(22)41-20)35-25(38)42-24(17-5-3-2-4-6-17)26(29,30)27(31,32)33/h7-13,17,20,24H,2-6,14-15H2,1H3,(H,34,37)(H,35,38)/t20-,24?/m0/s1. The molecule has 1 aliphatic heterocycles. The molecule has 9 nitrogen and oxygen atoms in total. The number of sulfonamides is 1. The van der Waals surface area contributed by atoms with Crippen molar-refractivity contribution in [2.24, 2.45) is 5.92 Å². The molecule has 2 atom stereocenters. The fourth-order valence-corrected chi connectivity index (χ4v) is 6.54. The molecule has 0 radical (unpaired) electrons. The minimum absolute atomic E-state index is 0.00473. The van der Waals surface area contributed by atoms with E-state index in [1.807, 2.05) is 0 Å². The van der Waals surface area contributed by atoms with Gasteiger partial charge in [-0.05, 0) is 55.3 Å². The highest BCUT2D eigenvalue weighted by molar-refractivity contribution is 7.92. The summed E-state index contributed by atoms with van der Waals surface area (Å²) in [5, 5.41) is 4.63. The molecule has 1 unspecified atom stereocenters. The predicted molar refractivity (Wildman–Crippen MR) is 142 cm³/mol. The summed E-state index contributed by atoms with van der Waals surface area (Å²) in [5.74, 6) is -7.61. The number of rotatable bonds is 8. The number of nitrogens with zero attached hydrogens (tertiary/aromatic N) is 1. The van der Waals surface area contributed by atoms with Gasteiger partial charge < -0.3 is 14.8 Å². The molecule has 0 bridgehead atoms. The van der Waals surface area contributed by atoms with Crippen LogP contribution in [0.1, 0.15) is 39.0 Å². The molecule has 2 N–H and O–H groups in total. The molecule has 1 heterocycles. The van der Waals surface area contributed by atoms with Gasteiger partial charge in [-0.1, -0.05) is 19.3 Å². The van der Waals surface area contributed by atoms with Crippen molar-refractivity contribution in [1.82, 2.24) is 5.32 Å². The minimum Gasteiger partial charge on any atom is -0.484 e. The molecule has 2 aromatic rings. The van der Waals surface area contributed by atoms with Crippen molar-refractivity contribution >= 4 is 33.4 Å². The van der Waals surface area contributed by atoms with Gasteiger partial charge in [0.05, 0.1) is 23.7 Å². The van der Waals surface area contributed by atoms with Gasteiger partial charge in [0.1, 0.15) is 17.7 Å². The van der Waals surface area contributed by atoms with E-state index < -0.39 is 58.1 Å². The van der Waals surface area contributed by atoms with Gasteiger partial charge in [-0.25, -0.2) is 17.6 Å². The molecule has 1 aliphatic carbocycles. The molecule has 2 aliphatic rings. The molecule has 16 heteroatoms. The van der Waals surface area contributed by atoms with Crippen LogP contribution in [0, 0.1) is 11.7 Å². The third kappa shape index (κ3) is 7.28. The van der Waals surface area contributed by atoms with Crippen molar-refractivity contribution < 1.29 is 53.8 Å². The molecular formula is C27H29F6N3O6S. The Morgan fingerprint density at radius 2 is 1.70 bits per heavy atom. The summed E-state index contributed by atoms with van der Waals surface area (Å²) in [5.41, 5.74) is -0.310. The van der Waals surface area contributed by atoms with E-state index in [2.05, 4.69) is 10.6 Å². The number of benzene rings is 2. The summed E-state index contributed by atoms with van der Waals surface area (Å²) in [7, 11) is -4.37. The molecule has 1 saturated carbocycles. The maximum Gasteiger partial charge on any atom is 0.457 e. The molecule has 43 heavy (non-hydrogen) atoms. The molecule has 2 amide bonds. The highest BCUT2D eigenvalue weighted by Crippen LogP contribution is 2.45. The number of carbonyl (C=O) groups excluding carboxylic acids is 2. The number of ether oxygens (including phenoxy) is 2. The predicted octanol–water partition coefficient (Wildman–Crippen LogP) is 5.61. The fourth-order valence-electron chi connectivity index (χ4n) is 5.04. The molecule has 4 rings (SSSR count). The van der Waals surface area contributed by atoms with Gasteiger partial charge in [0.15, 0.2) is 6.10 Å². The number of anilines is 2. The molecule has 0 saturated heterocycles. The van der Waals surface area contributed by atoms with Crippen molar-refractivity contribution in [1.29, 1.82) is 0 Å². The van der Waals surface area contributed by atoms with Crippen LogP contribution in [0.4, 0.5) is 42.5 Å². The molecule has 236 valence electrons. The Labute approximate surface area is 243 Å². The first-order chi connectivity index (χ1) is 20.1. The first-order valence-electron chi connectivity index (χ1n) is 13.3. The fraction of sp³-hybridized carbons (Fsp3) is 0.481. The van der Waals surface area contributed by atoms with E-state index in [1.54, 1.807) is 0 Å². The number of fused-ring (bicyclic) bond motifs is 1. The van der Waals surface area contributed by atoms with Crippen molar-refractivity contribution in [3.8, 4) is 5.75 Å². The zero-order valence-corrected chi connectivity index (χ0v) is 23.6. The molecule has 1 fully saturated rings. The molecule has 2 aromatic carbocycles. The van der Waals surface area contributed by atoms with E-state index >= 15 is 0 Å². The summed E-state index contributed by atoms with van der Waals surface area (Å²) in [4.78, 5) is 23.8. The number of hydrogen-bond donors (Lipinski definition) is 2. The van der Waals surface area contributed by atoms with Gasteiger partial charge in [-0.15, -0.1) is 0 Å². The smallest absolute Gasteiger partial charge is 0.457 e. The van der Waals surface area contributed by atoms with Gasteiger partial charge >= 0.3 is 18.2 Å². The van der Waals surface area contributed by atoms with Gasteiger partial charge in [-0.3, -0.25) is 14.4 Å². The summed E-state index contributed by atoms with van der Waals surface area (Å²) in [6.45, 7) is 0.846. The third-order valence-electron chi connectivity index (χ3n) is 7.16. The van der Waals surface area contributed by atoms with E-state index in [-0.39, 0.29) is 48.0 Å². The van der Waals surface area contributed by atoms with Crippen LogP contribution < -0.4 is 19.7 Å². The van der Waals surface area contributed by atoms with Crippen molar-refractivity contribution in [2.45, 2.75) is 68.2 Å². The Kier molecular flexibility index (Phi) is 9.37. The SMILES string of the molecule is CC(=O)NC[C@H]1CN(S(=O)(=O)c2ccc(F)cc2)c2cc(NC(=O)OC(C3CCCCC3)C(F)(F)C(F)(F)F)ccc2O1. The highest BCUT2D eigenvalue weighted by Gasteiger charge is 2.65. The average molecular weight is 638 g/mol. The summed E-state index contributed by atoms with van der Waals surface area (Å²) >= 11 is 0. The van der Waals surface area contributed by atoms with Crippen LogP contribution >= 0.6 is 0 Å². The second-order valence-electron chi connectivity index (χ2n) is 10.3. The first-order valence-corrected chi connectivity index (χ1v) is 14.8. The molecular weight excluding hydrogens is 608 g/mol. The van der Waals surface area contributed by atoms with Crippen LogP contribution in [0.2, 0.25) is 0 Å². The van der Waals surface area contributed by atoms with Crippen LogP contribution in [-0.2, 0) is 19.6 Å². The van der Waals surface area contributed by atoms with Crippen LogP contribution in [-0.4, -0.2) is 57.8 Å². The van der Waals surface area contributed by atoms with Gasteiger partial charge in [-0.2, -0.15) is 22.0 Å². The maximum absolute atomic E-state index is 14.5. The second kappa shape index (κ2) is 12.5. The highest BCUT2D eigenvalue weighted by atomic mass is 32.2. The Morgan fingerprint density at radius 1 is 1.05 bits per heavy atom. The quantitative estimate of drug-likeness (QED) is 0.364. The van der Waals surface area contributed by atoms with E-state index in [0.717, 1.165) is 34.6 Å². The number of alkyl halides is 5. The van der Waals surface area contributed by atoms with Crippen molar-refractivity contribution in [3.63, 3.8) is 0 Å². The Morgan fingerprint density at radius 3 is 2.30 bits per heavy atom. The molecule has 0 aromatic heterocycles. The first kappa shape index (κ1) is 32.2. The maximum atomic E-state index is 14.5. The normalized spacial score (nSPS) is 18.7. The van der Waals surface area contributed by atoms with Crippen LogP contribution in [0.5, 0.6) is 5.75 Å². The van der Waals surface area contributed by atoms with E-state index in [4.69, 9.17) is 9.47 Å². The van der Waals surface area contributed by atoms with Gasteiger partial charge in [0.25, 0.3) is 10.0 Å².